The second-order valence-electron chi connectivity index (χ2n) is 5.13. The van der Waals surface area contributed by atoms with Gasteiger partial charge in [-0.2, -0.15) is 0 Å². The van der Waals surface area contributed by atoms with Crippen molar-refractivity contribution in [3.8, 4) is 0 Å². The van der Waals surface area contributed by atoms with E-state index in [0.29, 0.717) is 10.9 Å². The summed E-state index contributed by atoms with van der Waals surface area (Å²) >= 11 is 1.30. The first-order valence-electron chi connectivity index (χ1n) is 6.87. The van der Waals surface area contributed by atoms with Crippen molar-refractivity contribution in [1.29, 1.82) is 0 Å². The molecular formula is C14H17N5OS. The van der Waals surface area contributed by atoms with Crippen LogP contribution in [0.1, 0.15) is 41.0 Å². The van der Waals surface area contributed by atoms with Crippen LogP contribution in [0.3, 0.4) is 0 Å². The second kappa shape index (κ2) is 5.69. The van der Waals surface area contributed by atoms with Gasteiger partial charge in [0.2, 0.25) is 0 Å². The number of thiazole rings is 1. The molecule has 2 aromatic heterocycles. The zero-order valence-corrected chi connectivity index (χ0v) is 12.5. The Morgan fingerprint density at radius 3 is 2.81 bits per heavy atom. The van der Waals surface area contributed by atoms with Crippen LogP contribution in [0.4, 0.5) is 10.9 Å². The maximum atomic E-state index is 12.3. The number of pyridine rings is 1. The van der Waals surface area contributed by atoms with Gasteiger partial charge < -0.3 is 16.4 Å². The number of nitrogen functional groups attached to an aromatic ring is 1. The number of carbonyl (C=O) groups is 1. The Morgan fingerprint density at radius 2 is 2.14 bits per heavy atom. The first kappa shape index (κ1) is 13.8. The van der Waals surface area contributed by atoms with Gasteiger partial charge >= 0.3 is 0 Å². The quantitative estimate of drug-likeness (QED) is 0.787. The summed E-state index contributed by atoms with van der Waals surface area (Å²) in [6.07, 6.45) is 5.72. The maximum absolute atomic E-state index is 12.3. The number of hydrogen-bond donors (Lipinski definition) is 3. The predicted octanol–water partition coefficient (Wildman–Crippen LogP) is 2.19. The van der Waals surface area contributed by atoms with Crippen LogP contribution in [-0.2, 0) is 0 Å². The fraction of sp³-hybridized carbons (Fsp3) is 0.357. The van der Waals surface area contributed by atoms with E-state index < -0.39 is 0 Å². The third-order valence-corrected chi connectivity index (χ3v) is 4.32. The maximum Gasteiger partial charge on any atom is 0.265 e. The molecule has 1 aliphatic rings. The standard InChI is InChI=1S/C14H17N5OS/c1-8(9-4-6-16-7-5-9)17-13(20)11-12(15)19-14(21-11)18-10-2-3-10/h4-8,10H,2-3,15H2,1H3,(H,17,20)(H,18,19). The molecule has 0 aromatic carbocycles. The van der Waals surface area contributed by atoms with Gasteiger partial charge in [-0.15, -0.1) is 0 Å². The van der Waals surface area contributed by atoms with Gasteiger partial charge in [0.05, 0.1) is 6.04 Å². The predicted molar refractivity (Wildman–Crippen MR) is 83.3 cm³/mol. The summed E-state index contributed by atoms with van der Waals surface area (Å²) in [6, 6.07) is 4.13. The number of rotatable bonds is 5. The molecule has 1 unspecified atom stereocenters. The van der Waals surface area contributed by atoms with Gasteiger partial charge in [0.25, 0.3) is 5.91 Å². The van der Waals surface area contributed by atoms with E-state index in [1.54, 1.807) is 12.4 Å². The third kappa shape index (κ3) is 3.30. The number of nitrogens with one attached hydrogen (secondary N) is 2. The van der Waals surface area contributed by atoms with Gasteiger partial charge in [0.1, 0.15) is 10.7 Å². The molecule has 0 aliphatic heterocycles. The van der Waals surface area contributed by atoms with E-state index in [2.05, 4.69) is 20.6 Å². The van der Waals surface area contributed by atoms with E-state index in [1.807, 2.05) is 19.1 Å². The highest BCUT2D eigenvalue weighted by Crippen LogP contribution is 2.30. The van der Waals surface area contributed by atoms with Gasteiger partial charge in [-0.1, -0.05) is 11.3 Å². The smallest absolute Gasteiger partial charge is 0.265 e. The Bertz CT molecular complexity index is 638. The molecule has 6 nitrogen and oxygen atoms in total. The fourth-order valence-electron chi connectivity index (χ4n) is 1.96. The molecule has 2 aromatic rings. The van der Waals surface area contributed by atoms with Gasteiger partial charge in [-0.3, -0.25) is 9.78 Å². The van der Waals surface area contributed by atoms with Crippen molar-refractivity contribution < 1.29 is 4.79 Å². The monoisotopic (exact) mass is 303 g/mol. The summed E-state index contributed by atoms with van der Waals surface area (Å²) in [4.78, 5) is 20.9. The first-order chi connectivity index (χ1) is 10.1. The molecule has 0 saturated heterocycles. The Kier molecular flexibility index (Phi) is 3.74. The summed E-state index contributed by atoms with van der Waals surface area (Å²) in [6.45, 7) is 1.92. The highest BCUT2D eigenvalue weighted by molar-refractivity contribution is 7.18. The zero-order chi connectivity index (χ0) is 14.8. The number of hydrogen-bond acceptors (Lipinski definition) is 6. The van der Waals surface area contributed by atoms with Crippen LogP contribution >= 0.6 is 11.3 Å². The molecule has 0 spiro atoms. The second-order valence-corrected chi connectivity index (χ2v) is 6.13. The number of nitrogens with zero attached hydrogens (tertiary/aromatic N) is 2. The Morgan fingerprint density at radius 1 is 1.43 bits per heavy atom. The van der Waals surface area contributed by atoms with Crippen molar-refractivity contribution >= 4 is 28.2 Å². The topological polar surface area (TPSA) is 92.9 Å². The SMILES string of the molecule is CC(NC(=O)c1sc(NC2CC2)nc1N)c1ccncc1. The fourth-order valence-corrected chi connectivity index (χ4v) is 2.82. The van der Waals surface area contributed by atoms with Crippen molar-refractivity contribution in [2.24, 2.45) is 0 Å². The minimum Gasteiger partial charge on any atom is -0.382 e. The summed E-state index contributed by atoms with van der Waals surface area (Å²) < 4.78 is 0. The lowest BCUT2D eigenvalue weighted by molar-refractivity contribution is 0.0944. The van der Waals surface area contributed by atoms with E-state index in [1.165, 1.54) is 11.3 Å². The van der Waals surface area contributed by atoms with Crippen LogP contribution in [0.15, 0.2) is 24.5 Å². The summed E-state index contributed by atoms with van der Waals surface area (Å²) in [5, 5.41) is 6.91. The summed E-state index contributed by atoms with van der Waals surface area (Å²) in [5.41, 5.74) is 6.84. The lowest BCUT2D eigenvalue weighted by atomic mass is 10.1. The van der Waals surface area contributed by atoms with E-state index in [4.69, 9.17) is 5.73 Å². The Balaban J connectivity index is 1.68. The molecule has 21 heavy (non-hydrogen) atoms. The van der Waals surface area contributed by atoms with E-state index in [0.717, 1.165) is 23.5 Å². The van der Waals surface area contributed by atoms with Crippen LogP contribution in [0, 0.1) is 0 Å². The Labute approximate surface area is 126 Å². The van der Waals surface area contributed by atoms with E-state index in [-0.39, 0.29) is 17.8 Å². The molecule has 1 saturated carbocycles. The van der Waals surface area contributed by atoms with Crippen molar-refractivity contribution in [2.75, 3.05) is 11.1 Å². The van der Waals surface area contributed by atoms with E-state index in [9.17, 15) is 4.79 Å². The van der Waals surface area contributed by atoms with Crippen molar-refractivity contribution in [3.05, 3.63) is 35.0 Å². The molecule has 110 valence electrons. The number of anilines is 2. The highest BCUT2D eigenvalue weighted by atomic mass is 32.1. The molecule has 1 aliphatic carbocycles. The molecule has 2 heterocycles. The molecular weight excluding hydrogens is 286 g/mol. The molecule has 0 radical (unpaired) electrons. The minimum absolute atomic E-state index is 0.109. The van der Waals surface area contributed by atoms with Gasteiger partial charge in [0.15, 0.2) is 5.13 Å². The molecule has 7 heteroatoms. The van der Waals surface area contributed by atoms with Crippen molar-refractivity contribution in [3.63, 3.8) is 0 Å². The summed E-state index contributed by atoms with van der Waals surface area (Å²) in [7, 11) is 0. The van der Waals surface area contributed by atoms with Crippen LogP contribution in [0.25, 0.3) is 0 Å². The molecule has 1 fully saturated rings. The third-order valence-electron chi connectivity index (χ3n) is 3.32. The number of nitrogens with two attached hydrogens (primary N) is 1. The van der Waals surface area contributed by atoms with Gasteiger partial charge in [-0.05, 0) is 37.5 Å². The number of amides is 1. The summed E-state index contributed by atoms with van der Waals surface area (Å²) in [5.74, 6) is 0.0840. The average molecular weight is 303 g/mol. The average Bonchev–Trinajstić information content (AvgIpc) is 3.21. The van der Waals surface area contributed by atoms with Crippen LogP contribution < -0.4 is 16.4 Å². The lowest BCUT2D eigenvalue weighted by Gasteiger charge is -2.13. The van der Waals surface area contributed by atoms with Crippen LogP contribution in [-0.4, -0.2) is 21.9 Å². The normalized spacial score (nSPS) is 15.5. The van der Waals surface area contributed by atoms with Crippen LogP contribution in [0.5, 0.6) is 0 Å². The first-order valence-corrected chi connectivity index (χ1v) is 7.69. The van der Waals surface area contributed by atoms with Crippen molar-refractivity contribution in [1.82, 2.24) is 15.3 Å². The van der Waals surface area contributed by atoms with Gasteiger partial charge in [-0.25, -0.2) is 4.98 Å². The van der Waals surface area contributed by atoms with Crippen molar-refractivity contribution in [2.45, 2.75) is 31.8 Å². The number of aromatic nitrogens is 2. The molecule has 4 N–H and O–H groups in total. The lowest BCUT2D eigenvalue weighted by Crippen LogP contribution is -2.26. The van der Waals surface area contributed by atoms with Crippen LogP contribution in [0.2, 0.25) is 0 Å². The molecule has 3 rings (SSSR count). The van der Waals surface area contributed by atoms with Gasteiger partial charge in [0, 0.05) is 18.4 Å². The zero-order valence-electron chi connectivity index (χ0n) is 11.7. The minimum atomic E-state index is -0.196. The number of carbonyl (C=O) groups excluding carboxylic acids is 1. The largest absolute Gasteiger partial charge is 0.382 e. The highest BCUT2D eigenvalue weighted by Gasteiger charge is 2.24. The Hall–Kier alpha value is -2.15. The van der Waals surface area contributed by atoms with E-state index >= 15 is 0 Å². The molecule has 1 amide bonds. The molecule has 0 bridgehead atoms. The molecule has 1 atom stereocenters.